The second kappa shape index (κ2) is 52.5. The minimum Gasteiger partial charge on any atom is -0.462 e. The van der Waals surface area contributed by atoms with Crippen LogP contribution in [0, 0.1) is 0 Å². The highest BCUT2D eigenvalue weighted by Gasteiger charge is 2.28. The zero-order chi connectivity index (χ0) is 51.3. The second-order valence-corrected chi connectivity index (χ2v) is 20.2. The second-order valence-electron chi connectivity index (χ2n) is 18.7. The van der Waals surface area contributed by atoms with Crippen LogP contribution in [0.1, 0.15) is 252 Å². The number of phosphoric acid groups is 1. The Balaban J connectivity index is 4.75. The van der Waals surface area contributed by atoms with Crippen molar-refractivity contribution in [3.05, 3.63) is 60.8 Å². The fourth-order valence-electron chi connectivity index (χ4n) is 7.64. The minimum atomic E-state index is -4.75. The molecule has 0 heterocycles. The molecule has 0 amide bonds. The maximum Gasteiger partial charge on any atom is 0.472 e. The van der Waals surface area contributed by atoms with Crippen molar-refractivity contribution in [2.75, 3.05) is 26.4 Å². The van der Waals surface area contributed by atoms with Gasteiger partial charge in [0.2, 0.25) is 0 Å². The molecule has 0 saturated heterocycles. The molecule has 0 fully saturated rings. The molecule has 12 heteroatoms. The van der Waals surface area contributed by atoms with Crippen molar-refractivity contribution >= 4 is 25.7 Å². The van der Waals surface area contributed by atoms with Crippen LogP contribution < -0.4 is 0 Å². The molecule has 3 atom stereocenters. The van der Waals surface area contributed by atoms with Gasteiger partial charge in [-0.25, -0.2) is 4.57 Å². The maximum atomic E-state index is 12.9. The van der Waals surface area contributed by atoms with Gasteiger partial charge in [0.1, 0.15) is 12.7 Å². The van der Waals surface area contributed by atoms with Gasteiger partial charge in [0, 0.05) is 19.3 Å². The van der Waals surface area contributed by atoms with Crippen molar-refractivity contribution in [2.45, 2.75) is 264 Å². The van der Waals surface area contributed by atoms with Gasteiger partial charge in [0.25, 0.3) is 0 Å². The van der Waals surface area contributed by atoms with E-state index in [0.717, 1.165) is 116 Å². The predicted molar refractivity (Wildman–Crippen MR) is 288 cm³/mol. The first-order valence-electron chi connectivity index (χ1n) is 28.2. The number of hydrogen-bond acceptors (Lipinski definition) is 10. The first kappa shape index (κ1) is 67.2. The lowest BCUT2D eigenvalue weighted by Crippen LogP contribution is -2.30. The Kier molecular flexibility index (Phi) is 50.4. The SMILES string of the molecule is CC/C=C\C/C=C\C/C=C\CCCCCCCCCC(=O)OCC(COP(=O)(O)OCC(CO)OC(=O)CCCCCCCCCCCCC)OC(=O)CCCCCCC/C=C\C/C=C\CCCCC. The monoisotopic (exact) mass is 1010 g/mol. The van der Waals surface area contributed by atoms with E-state index in [1.807, 2.05) is 0 Å². The molecule has 0 spiro atoms. The lowest BCUT2D eigenvalue weighted by atomic mass is 10.1. The molecule has 0 radical (unpaired) electrons. The Morgan fingerprint density at radius 3 is 1.17 bits per heavy atom. The van der Waals surface area contributed by atoms with E-state index in [9.17, 15) is 28.9 Å². The zero-order valence-corrected chi connectivity index (χ0v) is 45.6. The van der Waals surface area contributed by atoms with Crippen molar-refractivity contribution < 1.29 is 52.2 Å². The number of ether oxygens (including phenoxy) is 3. The fourth-order valence-corrected chi connectivity index (χ4v) is 8.42. The van der Waals surface area contributed by atoms with Gasteiger partial charge in [-0.3, -0.25) is 23.4 Å². The van der Waals surface area contributed by atoms with Crippen molar-refractivity contribution in [1.82, 2.24) is 0 Å². The van der Waals surface area contributed by atoms with Crippen molar-refractivity contribution in [2.24, 2.45) is 0 Å². The molecule has 0 saturated carbocycles. The first-order valence-corrected chi connectivity index (χ1v) is 29.7. The Bertz CT molecular complexity index is 1410. The lowest BCUT2D eigenvalue weighted by Gasteiger charge is -2.21. The highest BCUT2D eigenvalue weighted by molar-refractivity contribution is 7.47. The van der Waals surface area contributed by atoms with Gasteiger partial charge in [-0.15, -0.1) is 0 Å². The normalized spacial score (nSPS) is 13.8. The predicted octanol–water partition coefficient (Wildman–Crippen LogP) is 16.4. The Morgan fingerprint density at radius 1 is 0.414 bits per heavy atom. The number of carbonyl (C=O) groups excluding carboxylic acids is 3. The van der Waals surface area contributed by atoms with Crippen LogP contribution >= 0.6 is 7.82 Å². The Labute approximate surface area is 427 Å². The van der Waals surface area contributed by atoms with Crippen LogP contribution in [0.4, 0.5) is 0 Å². The molecular weight excluding hydrogens is 904 g/mol. The van der Waals surface area contributed by atoms with Crippen LogP contribution in [-0.4, -0.2) is 66.5 Å². The number of rotatable bonds is 52. The highest BCUT2D eigenvalue weighted by Crippen LogP contribution is 2.43. The molecule has 70 heavy (non-hydrogen) atoms. The average Bonchev–Trinajstić information content (AvgIpc) is 3.35. The highest BCUT2D eigenvalue weighted by atomic mass is 31.2. The van der Waals surface area contributed by atoms with Crippen LogP contribution in [0.5, 0.6) is 0 Å². The van der Waals surface area contributed by atoms with Crippen molar-refractivity contribution in [1.29, 1.82) is 0 Å². The van der Waals surface area contributed by atoms with Crippen LogP contribution in [0.25, 0.3) is 0 Å². The van der Waals surface area contributed by atoms with Crippen LogP contribution in [-0.2, 0) is 42.2 Å². The standard InChI is InChI=1S/C58H103O11P/c1-4-7-10-13-16-19-22-24-26-27-29-30-33-35-38-41-44-47-56(60)65-51-55(69-58(62)49-46-43-40-37-34-31-28-25-23-20-17-14-11-8-5-2)53-67-70(63,64)66-52-54(50-59)68-57(61)48-45-42-39-36-32-21-18-15-12-9-6-3/h7,10,16-17,19-20,24-26,28,54-55,59H,4-6,8-9,11-15,18,21-23,27,29-53H2,1-3H3,(H,63,64)/b10-7-,19-16-,20-17-,26-24-,28-25-. The fraction of sp³-hybridized carbons (Fsp3) is 0.776. The first-order chi connectivity index (χ1) is 34.2. The van der Waals surface area contributed by atoms with E-state index in [2.05, 4.69) is 81.5 Å². The summed E-state index contributed by atoms with van der Waals surface area (Å²) in [5, 5.41) is 9.78. The summed E-state index contributed by atoms with van der Waals surface area (Å²) in [6.45, 7) is 4.48. The molecule has 406 valence electrons. The molecule has 0 rings (SSSR count). The molecule has 0 aromatic rings. The molecular formula is C58H103O11P. The van der Waals surface area contributed by atoms with Gasteiger partial charge in [-0.05, 0) is 83.5 Å². The van der Waals surface area contributed by atoms with E-state index in [-0.39, 0.29) is 25.9 Å². The van der Waals surface area contributed by atoms with E-state index >= 15 is 0 Å². The third-order valence-electron chi connectivity index (χ3n) is 11.9. The largest absolute Gasteiger partial charge is 0.472 e. The van der Waals surface area contributed by atoms with Crippen LogP contribution in [0.15, 0.2) is 60.8 Å². The summed E-state index contributed by atoms with van der Waals surface area (Å²) in [6.07, 6.45) is 56.1. The number of hydrogen-bond donors (Lipinski definition) is 2. The molecule has 3 unspecified atom stereocenters. The van der Waals surface area contributed by atoms with Crippen molar-refractivity contribution in [3.8, 4) is 0 Å². The van der Waals surface area contributed by atoms with Crippen LogP contribution in [0.3, 0.4) is 0 Å². The molecule has 0 aromatic carbocycles. The smallest absolute Gasteiger partial charge is 0.462 e. The van der Waals surface area contributed by atoms with Crippen molar-refractivity contribution in [3.63, 3.8) is 0 Å². The van der Waals surface area contributed by atoms with Gasteiger partial charge >= 0.3 is 25.7 Å². The summed E-state index contributed by atoms with van der Waals surface area (Å²) in [5.74, 6) is -1.49. The van der Waals surface area contributed by atoms with Gasteiger partial charge in [-0.1, -0.05) is 210 Å². The Morgan fingerprint density at radius 2 is 0.743 bits per heavy atom. The van der Waals surface area contributed by atoms with Crippen LogP contribution in [0.2, 0.25) is 0 Å². The molecule has 0 aromatic heterocycles. The molecule has 0 aliphatic rings. The van der Waals surface area contributed by atoms with E-state index in [0.29, 0.717) is 19.3 Å². The number of allylic oxidation sites excluding steroid dienone is 10. The average molecular weight is 1010 g/mol. The third kappa shape index (κ3) is 50.1. The number of carbonyl (C=O) groups is 3. The number of aliphatic hydroxyl groups excluding tert-OH is 1. The van der Waals surface area contributed by atoms with Gasteiger partial charge < -0.3 is 24.2 Å². The summed E-state index contributed by atoms with van der Waals surface area (Å²) in [7, 11) is -4.75. The molecule has 2 N–H and O–H groups in total. The third-order valence-corrected chi connectivity index (χ3v) is 12.9. The topological polar surface area (TPSA) is 155 Å². The van der Waals surface area contributed by atoms with E-state index < -0.39 is 57.8 Å². The molecule has 0 aliphatic carbocycles. The van der Waals surface area contributed by atoms with Gasteiger partial charge in [0.05, 0.1) is 19.8 Å². The summed E-state index contributed by atoms with van der Waals surface area (Å²) < 4.78 is 39.4. The summed E-state index contributed by atoms with van der Waals surface area (Å²) in [4.78, 5) is 48.4. The number of esters is 3. The number of phosphoric ester groups is 1. The van der Waals surface area contributed by atoms with E-state index in [4.69, 9.17) is 23.3 Å². The molecule has 0 aliphatic heterocycles. The lowest BCUT2D eigenvalue weighted by molar-refractivity contribution is -0.161. The minimum absolute atomic E-state index is 0.149. The van der Waals surface area contributed by atoms with E-state index in [1.165, 1.54) is 77.0 Å². The molecule has 0 bridgehead atoms. The Hall–Kier alpha value is -2.82. The summed E-state index contributed by atoms with van der Waals surface area (Å²) in [6, 6.07) is 0. The number of unbranched alkanes of at least 4 members (excludes halogenated alkanes) is 25. The summed E-state index contributed by atoms with van der Waals surface area (Å²) >= 11 is 0. The zero-order valence-electron chi connectivity index (χ0n) is 44.7. The van der Waals surface area contributed by atoms with Gasteiger partial charge in [-0.2, -0.15) is 0 Å². The summed E-state index contributed by atoms with van der Waals surface area (Å²) in [5.41, 5.74) is 0. The quantitative estimate of drug-likeness (QED) is 0.0197. The molecule has 11 nitrogen and oxygen atoms in total. The van der Waals surface area contributed by atoms with Gasteiger partial charge in [0.15, 0.2) is 6.10 Å². The maximum absolute atomic E-state index is 12.9. The number of aliphatic hydroxyl groups is 1. The van der Waals surface area contributed by atoms with E-state index in [1.54, 1.807) is 0 Å².